The van der Waals surface area contributed by atoms with Crippen molar-refractivity contribution in [2.45, 2.75) is 4.90 Å². The van der Waals surface area contributed by atoms with Gasteiger partial charge in [-0.25, -0.2) is 18.2 Å². The summed E-state index contributed by atoms with van der Waals surface area (Å²) in [7, 11) is -2.62. The largest absolute Gasteiger partial charge is 0.465 e. The molecule has 0 atom stereocenters. The van der Waals surface area contributed by atoms with Crippen LogP contribution < -0.4 is 4.72 Å². The average molecular weight is 304 g/mol. The van der Waals surface area contributed by atoms with Crippen LogP contribution >= 0.6 is 22.7 Å². The Bertz CT molecular complexity index is 645. The highest BCUT2D eigenvalue weighted by atomic mass is 32.2. The molecule has 1 N–H and O–H groups in total. The van der Waals surface area contributed by atoms with Gasteiger partial charge in [0.1, 0.15) is 9.77 Å². The number of thiazole rings is 1. The van der Waals surface area contributed by atoms with Gasteiger partial charge < -0.3 is 4.74 Å². The number of nitrogens with one attached hydrogen (secondary N) is 1. The monoisotopic (exact) mass is 304 g/mol. The number of thiophene rings is 1. The minimum atomic E-state index is -3.82. The molecule has 2 heterocycles. The van der Waals surface area contributed by atoms with E-state index in [1.807, 2.05) is 0 Å². The number of ether oxygens (including phenoxy) is 1. The lowest BCUT2D eigenvalue weighted by atomic mass is 10.5. The number of hydrogen-bond acceptors (Lipinski definition) is 7. The third kappa shape index (κ3) is 2.52. The fraction of sp³-hybridized carbons (Fsp3) is 0.111. The Hall–Kier alpha value is -1.45. The lowest BCUT2D eigenvalue weighted by molar-refractivity contribution is 0.0602. The summed E-state index contributed by atoms with van der Waals surface area (Å²) < 4.78 is 30.9. The molecule has 0 amide bonds. The highest BCUT2D eigenvalue weighted by molar-refractivity contribution is 7.93. The molecule has 0 aliphatic rings. The van der Waals surface area contributed by atoms with Gasteiger partial charge in [0.25, 0.3) is 10.0 Å². The summed E-state index contributed by atoms with van der Waals surface area (Å²) in [5.41, 5.74) is 0. The van der Waals surface area contributed by atoms with Crippen molar-refractivity contribution in [1.29, 1.82) is 0 Å². The highest BCUT2D eigenvalue weighted by Crippen LogP contribution is 2.25. The third-order valence-electron chi connectivity index (χ3n) is 1.94. The van der Waals surface area contributed by atoms with Gasteiger partial charge in [0.05, 0.1) is 7.11 Å². The summed E-state index contributed by atoms with van der Waals surface area (Å²) in [6.45, 7) is 0. The number of anilines is 1. The second-order valence-electron chi connectivity index (χ2n) is 3.05. The topological polar surface area (TPSA) is 85.4 Å². The number of carbonyl (C=O) groups excluding carboxylic acids is 1. The van der Waals surface area contributed by atoms with E-state index < -0.39 is 16.0 Å². The number of esters is 1. The minimum Gasteiger partial charge on any atom is -0.465 e. The molecule has 0 fully saturated rings. The number of methoxy groups -OCH3 is 1. The van der Waals surface area contributed by atoms with Crippen molar-refractivity contribution in [3.05, 3.63) is 27.9 Å². The smallest absolute Gasteiger partial charge is 0.349 e. The summed E-state index contributed by atoms with van der Waals surface area (Å²) in [6.07, 6.45) is 1.48. The molecule has 0 aromatic carbocycles. The Balaban J connectivity index is 2.36. The van der Waals surface area contributed by atoms with Crippen molar-refractivity contribution in [2.75, 3.05) is 11.8 Å². The standard InChI is InChI=1S/C9H8N2O4S3/c1-15-8(12)7-6(2-4-16-7)18(13,14)11-9-10-3-5-17-9/h2-5H,1H3,(H,10,11). The maximum Gasteiger partial charge on any atom is 0.349 e. The molecule has 0 aliphatic carbocycles. The zero-order valence-electron chi connectivity index (χ0n) is 9.11. The normalized spacial score (nSPS) is 11.2. The van der Waals surface area contributed by atoms with Gasteiger partial charge in [0.2, 0.25) is 0 Å². The molecule has 0 saturated carbocycles. The molecular formula is C9H8N2O4S3. The SMILES string of the molecule is COC(=O)c1sccc1S(=O)(=O)Nc1nccs1. The predicted octanol–water partition coefficient (Wildman–Crippen LogP) is 1.79. The number of rotatable bonds is 4. The quantitative estimate of drug-likeness (QED) is 0.870. The first-order valence-electron chi connectivity index (χ1n) is 4.62. The molecular weight excluding hydrogens is 296 g/mol. The van der Waals surface area contributed by atoms with E-state index in [9.17, 15) is 13.2 Å². The number of sulfonamides is 1. The van der Waals surface area contributed by atoms with Gasteiger partial charge in [-0.15, -0.1) is 22.7 Å². The molecule has 18 heavy (non-hydrogen) atoms. The van der Waals surface area contributed by atoms with Gasteiger partial charge in [-0.1, -0.05) is 0 Å². The molecule has 9 heteroatoms. The van der Waals surface area contributed by atoms with E-state index in [0.717, 1.165) is 22.7 Å². The van der Waals surface area contributed by atoms with Crippen LogP contribution in [0.25, 0.3) is 0 Å². The summed E-state index contributed by atoms with van der Waals surface area (Å²) in [4.78, 5) is 15.2. The average Bonchev–Trinajstić information content (AvgIpc) is 2.97. The fourth-order valence-electron chi connectivity index (χ4n) is 1.19. The summed E-state index contributed by atoms with van der Waals surface area (Å²) in [5.74, 6) is -0.676. The van der Waals surface area contributed by atoms with E-state index in [4.69, 9.17) is 0 Å². The van der Waals surface area contributed by atoms with Crippen molar-refractivity contribution in [3.8, 4) is 0 Å². The van der Waals surface area contributed by atoms with Gasteiger partial charge in [-0.3, -0.25) is 4.72 Å². The Morgan fingerprint density at radius 2 is 2.17 bits per heavy atom. The van der Waals surface area contributed by atoms with E-state index in [2.05, 4.69) is 14.4 Å². The van der Waals surface area contributed by atoms with Crippen molar-refractivity contribution in [3.63, 3.8) is 0 Å². The van der Waals surface area contributed by atoms with Crippen molar-refractivity contribution in [2.24, 2.45) is 0 Å². The number of aromatic nitrogens is 1. The number of carbonyl (C=O) groups is 1. The Morgan fingerprint density at radius 3 is 2.78 bits per heavy atom. The second kappa shape index (κ2) is 5.04. The molecule has 2 aromatic rings. The van der Waals surface area contributed by atoms with Crippen LogP contribution in [0.1, 0.15) is 9.67 Å². The number of nitrogens with zero attached hydrogens (tertiary/aromatic N) is 1. The molecule has 0 spiro atoms. The van der Waals surface area contributed by atoms with E-state index in [1.54, 1.807) is 5.38 Å². The van der Waals surface area contributed by atoms with Gasteiger partial charge in [0.15, 0.2) is 5.13 Å². The summed E-state index contributed by atoms with van der Waals surface area (Å²) in [6, 6.07) is 1.35. The summed E-state index contributed by atoms with van der Waals surface area (Å²) >= 11 is 2.16. The number of hydrogen-bond donors (Lipinski definition) is 1. The molecule has 0 unspecified atom stereocenters. The molecule has 6 nitrogen and oxygen atoms in total. The molecule has 96 valence electrons. The van der Waals surface area contributed by atoms with Gasteiger partial charge in [-0.2, -0.15) is 0 Å². The first-order chi connectivity index (χ1) is 8.54. The van der Waals surface area contributed by atoms with Crippen LogP contribution in [-0.4, -0.2) is 26.5 Å². The third-order valence-corrected chi connectivity index (χ3v) is 5.17. The second-order valence-corrected chi connectivity index (χ2v) is 6.51. The van der Waals surface area contributed by atoms with Gasteiger partial charge in [0, 0.05) is 11.6 Å². The van der Waals surface area contributed by atoms with Crippen LogP contribution in [-0.2, 0) is 14.8 Å². The van der Waals surface area contributed by atoms with Crippen molar-refractivity contribution in [1.82, 2.24) is 4.98 Å². The van der Waals surface area contributed by atoms with E-state index in [-0.39, 0.29) is 14.9 Å². The van der Waals surface area contributed by atoms with Crippen molar-refractivity contribution >= 4 is 43.8 Å². The van der Waals surface area contributed by atoms with E-state index in [1.165, 1.54) is 24.8 Å². The maximum atomic E-state index is 12.1. The van der Waals surface area contributed by atoms with E-state index >= 15 is 0 Å². The van der Waals surface area contributed by atoms with Gasteiger partial charge in [-0.05, 0) is 11.4 Å². The molecule has 2 aromatic heterocycles. The lowest BCUT2D eigenvalue weighted by Gasteiger charge is -2.05. The zero-order chi connectivity index (χ0) is 13.2. The Labute approximate surface area is 111 Å². The van der Waals surface area contributed by atoms with Gasteiger partial charge >= 0.3 is 5.97 Å². The molecule has 0 radical (unpaired) electrons. The summed E-state index contributed by atoms with van der Waals surface area (Å²) in [5, 5.41) is 3.41. The first kappa shape index (κ1) is 13.0. The maximum absolute atomic E-state index is 12.1. The van der Waals surface area contributed by atoms with Crippen LogP contribution in [0.5, 0.6) is 0 Å². The van der Waals surface area contributed by atoms with Crippen LogP contribution in [0.4, 0.5) is 5.13 Å². The Kier molecular flexibility index (Phi) is 3.64. The first-order valence-corrected chi connectivity index (χ1v) is 7.87. The van der Waals surface area contributed by atoms with Crippen molar-refractivity contribution < 1.29 is 17.9 Å². The fourth-order valence-corrected chi connectivity index (χ4v) is 4.32. The van der Waals surface area contributed by atoms with Crippen LogP contribution in [0.15, 0.2) is 27.9 Å². The molecule has 2 rings (SSSR count). The molecule has 0 aliphatic heterocycles. The minimum absolute atomic E-state index is 0.0431. The Morgan fingerprint density at radius 1 is 1.39 bits per heavy atom. The zero-order valence-corrected chi connectivity index (χ0v) is 11.6. The van der Waals surface area contributed by atoms with E-state index in [0.29, 0.717) is 0 Å². The molecule has 0 saturated heterocycles. The van der Waals surface area contributed by atoms with Crippen LogP contribution in [0, 0.1) is 0 Å². The lowest BCUT2D eigenvalue weighted by Crippen LogP contribution is -2.15. The highest BCUT2D eigenvalue weighted by Gasteiger charge is 2.25. The predicted molar refractivity (Wildman–Crippen MR) is 68.6 cm³/mol. The van der Waals surface area contributed by atoms with Crippen LogP contribution in [0.3, 0.4) is 0 Å². The van der Waals surface area contributed by atoms with Crippen LogP contribution in [0.2, 0.25) is 0 Å². The molecule has 0 bridgehead atoms.